The van der Waals surface area contributed by atoms with Crippen LogP contribution in [0.5, 0.6) is 0 Å². The molecule has 0 radical (unpaired) electrons. The standard InChI is InChI=1S/C38H71NO3/c1-3-5-7-9-11-13-15-16-17-18-19-20-21-22-24-26-28-30-32-34-38(42)39-36(35-40)37(41)33-31-29-27-25-23-14-12-10-8-6-4-2/h11,13,16-17,31,33,36-37,40-41H,3-10,12,14-15,18-30,32,34-35H2,1-2H3,(H,39,42)/b13-11-,17-16-,33-31+. The third-order valence-electron chi connectivity index (χ3n) is 8.12. The zero-order valence-electron chi connectivity index (χ0n) is 28.0. The Kier molecular flexibility index (Phi) is 33.0. The van der Waals surface area contributed by atoms with Crippen molar-refractivity contribution >= 4 is 5.91 Å². The summed E-state index contributed by atoms with van der Waals surface area (Å²) in [5.41, 5.74) is 0. The molecule has 3 N–H and O–H groups in total. The van der Waals surface area contributed by atoms with E-state index in [0.717, 1.165) is 32.1 Å². The van der Waals surface area contributed by atoms with Crippen molar-refractivity contribution in [2.45, 2.75) is 193 Å². The van der Waals surface area contributed by atoms with Crippen molar-refractivity contribution in [3.8, 4) is 0 Å². The Labute approximate surface area is 261 Å². The van der Waals surface area contributed by atoms with Crippen LogP contribution in [0.2, 0.25) is 0 Å². The van der Waals surface area contributed by atoms with Gasteiger partial charge in [0.25, 0.3) is 0 Å². The van der Waals surface area contributed by atoms with Gasteiger partial charge in [-0.15, -0.1) is 0 Å². The zero-order chi connectivity index (χ0) is 30.8. The van der Waals surface area contributed by atoms with Crippen molar-refractivity contribution in [1.29, 1.82) is 0 Å². The van der Waals surface area contributed by atoms with Gasteiger partial charge in [0.2, 0.25) is 5.91 Å². The van der Waals surface area contributed by atoms with Gasteiger partial charge >= 0.3 is 0 Å². The molecule has 42 heavy (non-hydrogen) atoms. The van der Waals surface area contributed by atoms with Crippen LogP contribution in [0.15, 0.2) is 36.5 Å². The third-order valence-corrected chi connectivity index (χ3v) is 8.12. The van der Waals surface area contributed by atoms with Crippen LogP contribution in [0.4, 0.5) is 0 Å². The summed E-state index contributed by atoms with van der Waals surface area (Å²) in [6, 6.07) is -0.621. The SMILES string of the molecule is CCCCC/C=C\C/C=C\CCCCCCCCCCCC(=O)NC(CO)C(O)/C=C/CCCCCCCCCCC. The first-order valence-electron chi connectivity index (χ1n) is 18.2. The highest BCUT2D eigenvalue weighted by atomic mass is 16.3. The fourth-order valence-corrected chi connectivity index (χ4v) is 5.26. The summed E-state index contributed by atoms with van der Waals surface area (Å²) in [6.07, 6.45) is 43.7. The maximum atomic E-state index is 12.3. The lowest BCUT2D eigenvalue weighted by Crippen LogP contribution is -2.45. The van der Waals surface area contributed by atoms with Crippen molar-refractivity contribution in [2.75, 3.05) is 6.61 Å². The summed E-state index contributed by atoms with van der Waals surface area (Å²) in [6.45, 7) is 4.25. The first-order valence-corrected chi connectivity index (χ1v) is 18.2. The molecule has 4 nitrogen and oxygen atoms in total. The maximum Gasteiger partial charge on any atom is 0.220 e. The summed E-state index contributed by atoms with van der Waals surface area (Å²) in [4.78, 5) is 12.3. The number of hydrogen-bond acceptors (Lipinski definition) is 3. The predicted molar refractivity (Wildman–Crippen MR) is 184 cm³/mol. The van der Waals surface area contributed by atoms with Crippen molar-refractivity contribution in [3.63, 3.8) is 0 Å². The van der Waals surface area contributed by atoms with Gasteiger partial charge in [-0.2, -0.15) is 0 Å². The number of allylic oxidation sites excluding steroid dienone is 5. The van der Waals surface area contributed by atoms with E-state index >= 15 is 0 Å². The number of unbranched alkanes of at least 4 members (excludes halogenated alkanes) is 21. The number of rotatable bonds is 32. The van der Waals surface area contributed by atoms with Crippen LogP contribution in [0, 0.1) is 0 Å². The van der Waals surface area contributed by atoms with Gasteiger partial charge in [0.1, 0.15) is 0 Å². The van der Waals surface area contributed by atoms with Gasteiger partial charge in [-0.05, 0) is 51.4 Å². The van der Waals surface area contributed by atoms with Gasteiger partial charge in [-0.3, -0.25) is 4.79 Å². The lowest BCUT2D eigenvalue weighted by Gasteiger charge is -2.20. The van der Waals surface area contributed by atoms with Crippen molar-refractivity contribution in [3.05, 3.63) is 36.5 Å². The Balaban J connectivity index is 3.61. The molecule has 0 bridgehead atoms. The second-order valence-electron chi connectivity index (χ2n) is 12.3. The van der Waals surface area contributed by atoms with E-state index in [4.69, 9.17) is 0 Å². The molecule has 246 valence electrons. The molecule has 2 atom stereocenters. The minimum absolute atomic E-state index is 0.0718. The number of hydrogen-bond donors (Lipinski definition) is 3. The molecule has 0 rings (SSSR count). The van der Waals surface area contributed by atoms with Gasteiger partial charge in [-0.25, -0.2) is 0 Å². The van der Waals surface area contributed by atoms with E-state index < -0.39 is 12.1 Å². The van der Waals surface area contributed by atoms with E-state index in [1.54, 1.807) is 6.08 Å². The highest BCUT2D eigenvalue weighted by Gasteiger charge is 2.17. The third kappa shape index (κ3) is 30.1. The maximum absolute atomic E-state index is 12.3. The first-order chi connectivity index (χ1) is 20.7. The fourth-order valence-electron chi connectivity index (χ4n) is 5.26. The van der Waals surface area contributed by atoms with Crippen LogP contribution in [-0.2, 0) is 4.79 Å². The van der Waals surface area contributed by atoms with E-state index in [2.05, 4.69) is 43.5 Å². The van der Waals surface area contributed by atoms with Gasteiger partial charge in [0, 0.05) is 6.42 Å². The van der Waals surface area contributed by atoms with E-state index in [0.29, 0.717) is 6.42 Å². The number of carbonyl (C=O) groups excluding carboxylic acids is 1. The Hall–Kier alpha value is -1.39. The molecular weight excluding hydrogens is 518 g/mol. The number of aliphatic hydroxyl groups is 2. The van der Waals surface area contributed by atoms with Crippen molar-refractivity contribution in [1.82, 2.24) is 5.32 Å². The van der Waals surface area contributed by atoms with Gasteiger partial charge in [0.15, 0.2) is 0 Å². The van der Waals surface area contributed by atoms with Crippen LogP contribution in [-0.4, -0.2) is 34.9 Å². The molecule has 1 amide bonds. The monoisotopic (exact) mass is 590 g/mol. The molecule has 2 unspecified atom stereocenters. The van der Waals surface area contributed by atoms with E-state index in [1.165, 1.54) is 128 Å². The Morgan fingerprint density at radius 2 is 0.976 bits per heavy atom. The summed E-state index contributed by atoms with van der Waals surface area (Å²) in [5.74, 6) is -0.0718. The fraction of sp³-hybridized carbons (Fsp3) is 0.816. The Morgan fingerprint density at radius 1 is 0.571 bits per heavy atom. The topological polar surface area (TPSA) is 69.6 Å². The Morgan fingerprint density at radius 3 is 1.48 bits per heavy atom. The normalized spacial score (nSPS) is 13.5. The predicted octanol–water partition coefficient (Wildman–Crippen LogP) is 10.7. The summed E-state index contributed by atoms with van der Waals surface area (Å²) < 4.78 is 0. The van der Waals surface area contributed by atoms with Gasteiger partial charge in [0.05, 0.1) is 18.8 Å². The average Bonchev–Trinajstić information content (AvgIpc) is 2.99. The van der Waals surface area contributed by atoms with Crippen LogP contribution in [0.3, 0.4) is 0 Å². The van der Waals surface area contributed by atoms with Crippen LogP contribution in [0.25, 0.3) is 0 Å². The molecular formula is C38H71NO3. The lowest BCUT2D eigenvalue weighted by atomic mass is 10.0. The van der Waals surface area contributed by atoms with Crippen LogP contribution < -0.4 is 5.32 Å². The molecule has 0 heterocycles. The molecule has 0 aromatic rings. The summed E-state index contributed by atoms with van der Waals surface area (Å²) in [5, 5.41) is 22.8. The summed E-state index contributed by atoms with van der Waals surface area (Å²) in [7, 11) is 0. The number of aliphatic hydroxyl groups excluding tert-OH is 2. The molecule has 0 fully saturated rings. The smallest absolute Gasteiger partial charge is 0.220 e. The molecule has 0 saturated carbocycles. The number of carbonyl (C=O) groups is 1. The molecule has 0 spiro atoms. The quantitative estimate of drug-likeness (QED) is 0.0540. The molecule has 0 aliphatic heterocycles. The molecule has 0 aliphatic rings. The molecule has 0 saturated heterocycles. The highest BCUT2D eigenvalue weighted by Crippen LogP contribution is 2.13. The van der Waals surface area contributed by atoms with Crippen molar-refractivity contribution < 1.29 is 15.0 Å². The van der Waals surface area contributed by atoms with Crippen LogP contribution in [0.1, 0.15) is 181 Å². The second-order valence-corrected chi connectivity index (χ2v) is 12.3. The van der Waals surface area contributed by atoms with E-state index in [9.17, 15) is 15.0 Å². The molecule has 4 heteroatoms. The minimum Gasteiger partial charge on any atom is -0.394 e. The lowest BCUT2D eigenvalue weighted by molar-refractivity contribution is -0.123. The largest absolute Gasteiger partial charge is 0.394 e. The van der Waals surface area contributed by atoms with Crippen LogP contribution >= 0.6 is 0 Å². The average molecular weight is 590 g/mol. The molecule has 0 aromatic carbocycles. The van der Waals surface area contributed by atoms with Gasteiger partial charge < -0.3 is 15.5 Å². The number of amides is 1. The molecule has 0 aromatic heterocycles. The Bertz CT molecular complexity index is 642. The molecule has 0 aliphatic carbocycles. The highest BCUT2D eigenvalue weighted by molar-refractivity contribution is 5.76. The van der Waals surface area contributed by atoms with E-state index in [-0.39, 0.29) is 12.5 Å². The van der Waals surface area contributed by atoms with Crippen molar-refractivity contribution in [2.24, 2.45) is 0 Å². The minimum atomic E-state index is -0.837. The number of nitrogens with one attached hydrogen (secondary N) is 1. The summed E-state index contributed by atoms with van der Waals surface area (Å²) >= 11 is 0. The van der Waals surface area contributed by atoms with E-state index in [1.807, 2.05) is 6.08 Å². The zero-order valence-corrected chi connectivity index (χ0v) is 28.0. The van der Waals surface area contributed by atoms with Gasteiger partial charge in [-0.1, -0.05) is 159 Å². The first kappa shape index (κ1) is 40.6. The second kappa shape index (κ2) is 34.1.